The van der Waals surface area contributed by atoms with Crippen LogP contribution < -0.4 is 39.4 Å². The Balaban J connectivity index is 0.000000205. The third-order valence-corrected chi connectivity index (χ3v) is 13.2. The molecule has 2 unspecified atom stereocenters. The molecule has 6 aromatic rings. The molecule has 6 heterocycles. The van der Waals surface area contributed by atoms with Crippen LogP contribution >= 0.6 is 0 Å². The number of aromatic nitrogens is 2. The molecule has 3 N–H and O–H groups in total. The van der Waals surface area contributed by atoms with Gasteiger partial charge in [-0.2, -0.15) is 0 Å². The number of halogens is 1. The molecular weight excluding hydrogens is 1110 g/mol. The molecule has 4 aliphatic heterocycles. The molecule has 2 atom stereocenters. The summed E-state index contributed by atoms with van der Waals surface area (Å²) in [5.41, 5.74) is -2.51. The molecule has 444 valence electrons. The number of alkyl halides is 1. The molecule has 0 radical (unpaired) electrons. The number of β-amino-alcohol motifs (C(OH)–C–C–N with tert-alkyl or cyclic N) is 1. The first kappa shape index (κ1) is 60.4. The van der Waals surface area contributed by atoms with E-state index >= 15 is 4.39 Å². The van der Waals surface area contributed by atoms with Gasteiger partial charge in [0.1, 0.15) is 82.4 Å². The maximum Gasteiger partial charge on any atom is 0.410 e. The van der Waals surface area contributed by atoms with Gasteiger partial charge in [0.2, 0.25) is 5.67 Å². The molecule has 0 bridgehead atoms. The molecular formula is C64H63FN8O13. The first-order valence-corrected chi connectivity index (χ1v) is 27.3. The number of benzene rings is 4. The average Bonchev–Trinajstić information content (AvgIpc) is 1.90. The third kappa shape index (κ3) is 15.3. The van der Waals surface area contributed by atoms with Gasteiger partial charge in [-0.3, -0.25) is 34.0 Å². The van der Waals surface area contributed by atoms with Gasteiger partial charge in [0, 0.05) is 49.7 Å². The molecule has 6 amide bonds. The summed E-state index contributed by atoms with van der Waals surface area (Å²) in [6.07, 6.45) is 1.81. The van der Waals surface area contributed by atoms with Gasteiger partial charge in [0.15, 0.2) is 5.60 Å². The SMILES string of the molecule is CN1C(=O)C(NC(=O)c2cc(Oc3ccccc3)ccn2)COc2ccc(C#CC3(F)CN(C(=O)OC(C)(C)C)C3)cc21.CN1C(=O)C(NC(=O)c2cc(Oc3ccccc3)ccn2)COc2ccc(C#CC3(O)CN(C(=O)OC(C)(C)C)C3)cc21. The molecule has 21 nitrogen and oxygen atoms in total. The van der Waals surface area contributed by atoms with Gasteiger partial charge in [-0.05, 0) is 114 Å². The summed E-state index contributed by atoms with van der Waals surface area (Å²) in [6, 6.07) is 32.5. The number of nitrogens with zero attached hydrogens (tertiary/aromatic N) is 6. The van der Waals surface area contributed by atoms with Crippen molar-refractivity contribution in [1.82, 2.24) is 30.4 Å². The Labute approximate surface area is 496 Å². The van der Waals surface area contributed by atoms with E-state index in [0.29, 0.717) is 57.0 Å². The van der Waals surface area contributed by atoms with Gasteiger partial charge >= 0.3 is 12.2 Å². The zero-order valence-corrected chi connectivity index (χ0v) is 48.5. The van der Waals surface area contributed by atoms with Crippen LogP contribution in [-0.4, -0.2) is 149 Å². The molecule has 0 spiro atoms. The highest BCUT2D eigenvalue weighted by molar-refractivity contribution is 6.04. The summed E-state index contributed by atoms with van der Waals surface area (Å²) < 4.78 is 48.9. The predicted molar refractivity (Wildman–Crippen MR) is 313 cm³/mol. The Morgan fingerprint density at radius 3 is 1.41 bits per heavy atom. The van der Waals surface area contributed by atoms with Crippen LogP contribution in [-0.2, 0) is 19.1 Å². The molecule has 2 saturated heterocycles. The molecule has 22 heteroatoms. The van der Waals surface area contributed by atoms with Crippen LogP contribution in [0.4, 0.5) is 25.4 Å². The number of ether oxygens (including phenoxy) is 6. The lowest BCUT2D eigenvalue weighted by molar-refractivity contribution is -0.121. The second-order valence-corrected chi connectivity index (χ2v) is 22.6. The van der Waals surface area contributed by atoms with Crippen molar-refractivity contribution >= 4 is 47.2 Å². The van der Waals surface area contributed by atoms with Gasteiger partial charge in [0.25, 0.3) is 23.6 Å². The van der Waals surface area contributed by atoms with Crippen molar-refractivity contribution in [2.75, 3.05) is 63.3 Å². The fourth-order valence-corrected chi connectivity index (χ4v) is 8.86. The maximum absolute atomic E-state index is 15.1. The lowest BCUT2D eigenvalue weighted by Crippen LogP contribution is -2.63. The number of nitrogens with one attached hydrogen (secondary N) is 2. The Morgan fingerprint density at radius 1 is 0.581 bits per heavy atom. The Kier molecular flexibility index (Phi) is 17.5. The lowest BCUT2D eigenvalue weighted by atomic mass is 9.95. The van der Waals surface area contributed by atoms with Gasteiger partial charge in [-0.15, -0.1) is 0 Å². The Bertz CT molecular complexity index is 3450. The fourth-order valence-electron chi connectivity index (χ4n) is 8.86. The highest BCUT2D eigenvalue weighted by Crippen LogP contribution is 2.35. The van der Waals surface area contributed by atoms with Gasteiger partial charge < -0.3 is 58.9 Å². The minimum absolute atomic E-state index is 0.0267. The van der Waals surface area contributed by atoms with E-state index in [1.54, 1.807) is 128 Å². The quantitative estimate of drug-likeness (QED) is 0.124. The molecule has 0 aliphatic carbocycles. The molecule has 2 aromatic heterocycles. The van der Waals surface area contributed by atoms with E-state index in [1.807, 2.05) is 36.4 Å². The number of likely N-dealkylation sites (tertiary alicyclic amines) is 2. The molecule has 4 aliphatic rings. The van der Waals surface area contributed by atoms with Crippen LogP contribution in [0, 0.1) is 23.7 Å². The van der Waals surface area contributed by atoms with E-state index in [2.05, 4.69) is 44.3 Å². The van der Waals surface area contributed by atoms with Crippen molar-refractivity contribution in [3.05, 3.63) is 156 Å². The van der Waals surface area contributed by atoms with Crippen LogP contribution in [0.1, 0.15) is 73.6 Å². The molecule has 10 rings (SSSR count). The molecule has 2 fully saturated rings. The van der Waals surface area contributed by atoms with E-state index in [4.69, 9.17) is 28.4 Å². The summed E-state index contributed by atoms with van der Waals surface area (Å²) in [7, 11) is 3.14. The second kappa shape index (κ2) is 24.9. The van der Waals surface area contributed by atoms with Crippen molar-refractivity contribution in [2.45, 2.75) is 76.1 Å². The number of rotatable bonds is 8. The maximum atomic E-state index is 15.1. The monoisotopic (exact) mass is 1170 g/mol. The van der Waals surface area contributed by atoms with E-state index < -0.39 is 64.5 Å². The summed E-state index contributed by atoms with van der Waals surface area (Å²) in [6.45, 7) is 10.0. The second-order valence-electron chi connectivity index (χ2n) is 22.6. The number of fused-ring (bicyclic) bond motifs is 2. The van der Waals surface area contributed by atoms with E-state index in [9.17, 15) is 33.9 Å². The van der Waals surface area contributed by atoms with Crippen LogP contribution in [0.25, 0.3) is 0 Å². The molecule has 4 aromatic carbocycles. The molecule has 0 saturated carbocycles. The van der Waals surface area contributed by atoms with Gasteiger partial charge in [-0.1, -0.05) is 60.1 Å². The largest absolute Gasteiger partial charge is 0.489 e. The number of pyridine rings is 2. The first-order chi connectivity index (χ1) is 40.8. The number of carbonyl (C=O) groups excluding carboxylic acids is 6. The number of amides is 6. The van der Waals surface area contributed by atoms with Crippen LogP contribution in [0.5, 0.6) is 34.5 Å². The normalized spacial score (nSPS) is 17.2. The van der Waals surface area contributed by atoms with Gasteiger partial charge in [0.05, 0.1) is 37.6 Å². The Morgan fingerprint density at radius 2 is 0.988 bits per heavy atom. The standard InChI is InChI=1S/C32H31FN4O6.C32H32N4O7/c1-31(2,3)43-30(40)37-19-32(33,20-37)14-12-21-10-11-27-26(16-21)36(4)29(39)25(18-41-27)35-28(38)24-17-23(13-15-34-24)42-22-8-6-5-7-9-22;1-31(2,3)43-30(39)36-19-32(40,20-36)14-12-21-10-11-27-26(16-21)35(4)29(38)25(18-41-27)34-28(37)24-17-23(13-15-33-24)42-22-8-6-5-7-9-22/h5-11,13,15-17,25H,18-20H2,1-4H3,(H,35,38);5-11,13,15-17,25,40H,18-20H2,1-4H3,(H,34,37). The topological polar surface area (TPSA) is 241 Å². The van der Waals surface area contributed by atoms with Crippen molar-refractivity contribution in [2.24, 2.45) is 0 Å². The zero-order chi connectivity index (χ0) is 61.6. The lowest BCUT2D eigenvalue weighted by Gasteiger charge is -2.43. The third-order valence-electron chi connectivity index (χ3n) is 13.2. The minimum atomic E-state index is -1.87. The van der Waals surface area contributed by atoms with Crippen LogP contribution in [0.2, 0.25) is 0 Å². The summed E-state index contributed by atoms with van der Waals surface area (Å²) in [5.74, 6) is 12.1. The average molecular weight is 1170 g/mol. The number of aliphatic hydroxyl groups is 1. The highest BCUT2D eigenvalue weighted by Gasteiger charge is 2.47. The van der Waals surface area contributed by atoms with Crippen molar-refractivity contribution in [1.29, 1.82) is 0 Å². The number of hydrogen-bond donors (Lipinski definition) is 3. The summed E-state index contributed by atoms with van der Waals surface area (Å²) >= 11 is 0. The Hall–Kier alpha value is -10.2. The van der Waals surface area contributed by atoms with E-state index in [1.165, 1.54) is 44.1 Å². The van der Waals surface area contributed by atoms with E-state index in [-0.39, 0.29) is 56.7 Å². The summed E-state index contributed by atoms with van der Waals surface area (Å²) in [5, 5.41) is 16.1. The van der Waals surface area contributed by atoms with Crippen LogP contribution in [0.15, 0.2) is 134 Å². The number of para-hydroxylation sites is 2. The predicted octanol–water partition coefficient (Wildman–Crippen LogP) is 7.70. The fraction of sp³-hybridized carbons (Fsp3) is 0.312. The summed E-state index contributed by atoms with van der Waals surface area (Å²) in [4.78, 5) is 90.6. The van der Waals surface area contributed by atoms with Crippen molar-refractivity contribution in [3.63, 3.8) is 0 Å². The van der Waals surface area contributed by atoms with Crippen molar-refractivity contribution in [3.8, 4) is 58.2 Å². The number of hydrogen-bond acceptors (Lipinski definition) is 15. The number of likely N-dealkylation sites (N-methyl/N-ethyl adjacent to an activating group) is 2. The van der Waals surface area contributed by atoms with Crippen LogP contribution in [0.3, 0.4) is 0 Å². The van der Waals surface area contributed by atoms with Gasteiger partial charge in [-0.25, -0.2) is 14.0 Å². The highest BCUT2D eigenvalue weighted by atomic mass is 19.1. The van der Waals surface area contributed by atoms with E-state index in [0.717, 1.165) is 0 Å². The molecule has 86 heavy (non-hydrogen) atoms. The minimum Gasteiger partial charge on any atom is -0.489 e. The smallest absolute Gasteiger partial charge is 0.410 e. The number of anilines is 2. The number of carbonyl (C=O) groups is 6. The zero-order valence-electron chi connectivity index (χ0n) is 48.5. The van der Waals surface area contributed by atoms with Crippen molar-refractivity contribution < 1.29 is 66.7 Å². The first-order valence-electron chi connectivity index (χ1n) is 27.3.